The standard InChI is InChI=1S/C46H58N4/c1-29(2)35-27-40(30(3)4)44(41(28-35)31(5)6)42-15-14-16-43(47-42)46(36-17-21-38(22-18-36)49(10)11,37-19-23-39(24-20-37)50(12)13)48-45-33(8)25-32(7)26-34(45)9/h14-31,48H,1-13H3. The molecule has 0 saturated heterocycles. The van der Waals surface area contributed by atoms with Gasteiger partial charge in [0.05, 0.1) is 11.4 Å². The zero-order valence-corrected chi connectivity index (χ0v) is 32.7. The summed E-state index contributed by atoms with van der Waals surface area (Å²) < 4.78 is 0. The van der Waals surface area contributed by atoms with Gasteiger partial charge in [0, 0.05) is 50.8 Å². The van der Waals surface area contributed by atoms with Gasteiger partial charge in [-0.1, -0.05) is 102 Å². The van der Waals surface area contributed by atoms with Crippen LogP contribution in [0.15, 0.2) is 91.0 Å². The van der Waals surface area contributed by atoms with Crippen molar-refractivity contribution in [1.29, 1.82) is 0 Å². The number of nitrogens with one attached hydrogen (secondary N) is 1. The van der Waals surface area contributed by atoms with E-state index in [2.05, 4.69) is 197 Å². The largest absolute Gasteiger partial charge is 0.378 e. The normalized spacial score (nSPS) is 11.8. The summed E-state index contributed by atoms with van der Waals surface area (Å²) in [6, 6.07) is 34.0. The first-order valence-electron chi connectivity index (χ1n) is 18.2. The Kier molecular flexibility index (Phi) is 10.8. The molecule has 1 aromatic heterocycles. The molecule has 4 aromatic carbocycles. The van der Waals surface area contributed by atoms with Gasteiger partial charge in [-0.05, 0) is 114 Å². The Bertz CT molecular complexity index is 1830. The van der Waals surface area contributed by atoms with Crippen LogP contribution in [0.3, 0.4) is 0 Å². The van der Waals surface area contributed by atoms with Crippen LogP contribution in [0.2, 0.25) is 0 Å². The number of pyridine rings is 1. The third-order valence-electron chi connectivity index (χ3n) is 10.1. The molecule has 0 radical (unpaired) electrons. The van der Waals surface area contributed by atoms with Crippen molar-refractivity contribution < 1.29 is 0 Å². The molecular formula is C46H58N4. The molecule has 4 heteroatoms. The second kappa shape index (κ2) is 14.7. The molecule has 0 fully saturated rings. The molecule has 0 unspecified atom stereocenters. The van der Waals surface area contributed by atoms with E-state index in [0.717, 1.165) is 39.6 Å². The number of hydrogen-bond donors (Lipinski definition) is 1. The van der Waals surface area contributed by atoms with Crippen molar-refractivity contribution in [2.24, 2.45) is 0 Å². The maximum absolute atomic E-state index is 5.73. The summed E-state index contributed by atoms with van der Waals surface area (Å²) in [7, 11) is 8.36. The predicted molar refractivity (Wildman–Crippen MR) is 218 cm³/mol. The fourth-order valence-electron chi connectivity index (χ4n) is 7.29. The van der Waals surface area contributed by atoms with Gasteiger partial charge >= 0.3 is 0 Å². The van der Waals surface area contributed by atoms with Crippen molar-refractivity contribution in [1.82, 2.24) is 4.98 Å². The maximum Gasteiger partial charge on any atom is 0.131 e. The second-order valence-corrected chi connectivity index (χ2v) is 15.5. The Balaban J connectivity index is 1.90. The van der Waals surface area contributed by atoms with Crippen LogP contribution in [0.1, 0.15) is 109 Å². The maximum atomic E-state index is 5.73. The average Bonchev–Trinajstić information content (AvgIpc) is 3.07. The van der Waals surface area contributed by atoms with E-state index in [-0.39, 0.29) is 0 Å². The Morgan fingerprint density at radius 3 is 1.44 bits per heavy atom. The fraction of sp³-hybridized carbons (Fsp3) is 0.370. The summed E-state index contributed by atoms with van der Waals surface area (Å²) >= 11 is 0. The van der Waals surface area contributed by atoms with Crippen LogP contribution < -0.4 is 15.1 Å². The first-order chi connectivity index (χ1) is 23.6. The molecule has 1 N–H and O–H groups in total. The van der Waals surface area contributed by atoms with Gasteiger partial charge in [-0.15, -0.1) is 0 Å². The Hall–Kier alpha value is -4.57. The van der Waals surface area contributed by atoms with E-state index in [1.807, 2.05) is 0 Å². The molecule has 0 spiro atoms. The zero-order chi connectivity index (χ0) is 36.5. The molecule has 0 aliphatic carbocycles. The first kappa shape index (κ1) is 36.7. The molecule has 50 heavy (non-hydrogen) atoms. The summed E-state index contributed by atoms with van der Waals surface area (Å²) in [5.74, 6) is 1.15. The lowest BCUT2D eigenvalue weighted by Crippen LogP contribution is -2.39. The van der Waals surface area contributed by atoms with E-state index in [4.69, 9.17) is 4.98 Å². The number of benzene rings is 4. The van der Waals surface area contributed by atoms with Crippen molar-refractivity contribution in [3.05, 3.63) is 141 Å². The van der Waals surface area contributed by atoms with Crippen molar-refractivity contribution in [3.8, 4) is 11.3 Å². The molecule has 5 aromatic rings. The van der Waals surface area contributed by atoms with Gasteiger partial charge in [-0.25, -0.2) is 4.98 Å². The summed E-state index contributed by atoms with van der Waals surface area (Å²) in [5.41, 5.74) is 15.9. The molecule has 0 bridgehead atoms. The van der Waals surface area contributed by atoms with E-state index in [0.29, 0.717) is 17.8 Å². The van der Waals surface area contributed by atoms with Crippen LogP contribution in [0.5, 0.6) is 0 Å². The summed E-state index contributed by atoms with van der Waals surface area (Å²) in [4.78, 5) is 10.0. The monoisotopic (exact) mass is 666 g/mol. The van der Waals surface area contributed by atoms with Crippen molar-refractivity contribution in [3.63, 3.8) is 0 Å². The number of nitrogens with zero attached hydrogens (tertiary/aromatic N) is 3. The quantitative estimate of drug-likeness (QED) is 0.152. The Morgan fingerprint density at radius 2 is 1.04 bits per heavy atom. The number of anilines is 3. The number of rotatable bonds is 11. The predicted octanol–water partition coefficient (Wildman–Crippen LogP) is 11.6. The highest BCUT2D eigenvalue weighted by Crippen LogP contribution is 2.44. The van der Waals surface area contributed by atoms with Gasteiger partial charge in [0.25, 0.3) is 0 Å². The van der Waals surface area contributed by atoms with Crippen LogP contribution >= 0.6 is 0 Å². The van der Waals surface area contributed by atoms with Crippen molar-refractivity contribution in [2.75, 3.05) is 43.3 Å². The minimum absolute atomic E-state index is 0.351. The highest BCUT2D eigenvalue weighted by atomic mass is 15.1. The van der Waals surface area contributed by atoms with Gasteiger partial charge in [0.2, 0.25) is 0 Å². The summed E-state index contributed by atoms with van der Waals surface area (Å²) in [6.07, 6.45) is 0. The zero-order valence-electron chi connectivity index (χ0n) is 32.7. The molecule has 0 aliphatic heterocycles. The fourth-order valence-corrected chi connectivity index (χ4v) is 7.29. The van der Waals surface area contributed by atoms with Gasteiger partial charge in [0.1, 0.15) is 5.54 Å². The number of aryl methyl sites for hydroxylation is 3. The van der Waals surface area contributed by atoms with Crippen LogP contribution in [-0.4, -0.2) is 33.2 Å². The highest BCUT2D eigenvalue weighted by molar-refractivity contribution is 5.72. The molecule has 4 nitrogen and oxygen atoms in total. The molecule has 0 atom stereocenters. The minimum atomic E-state index is -0.801. The molecule has 0 saturated carbocycles. The number of hydrogen-bond acceptors (Lipinski definition) is 4. The van der Waals surface area contributed by atoms with Crippen LogP contribution in [0, 0.1) is 20.8 Å². The van der Waals surface area contributed by atoms with Crippen molar-refractivity contribution in [2.45, 2.75) is 85.6 Å². The van der Waals surface area contributed by atoms with E-state index in [1.165, 1.54) is 38.9 Å². The first-order valence-corrected chi connectivity index (χ1v) is 18.2. The van der Waals surface area contributed by atoms with Gasteiger partial charge in [-0.2, -0.15) is 0 Å². The topological polar surface area (TPSA) is 31.4 Å². The third kappa shape index (κ3) is 7.17. The van der Waals surface area contributed by atoms with E-state index in [1.54, 1.807) is 0 Å². The van der Waals surface area contributed by atoms with Gasteiger partial charge in [0.15, 0.2) is 0 Å². The average molecular weight is 667 g/mol. The van der Waals surface area contributed by atoms with Crippen LogP contribution in [-0.2, 0) is 5.54 Å². The van der Waals surface area contributed by atoms with E-state index >= 15 is 0 Å². The van der Waals surface area contributed by atoms with Crippen LogP contribution in [0.4, 0.5) is 17.1 Å². The second-order valence-electron chi connectivity index (χ2n) is 15.5. The lowest BCUT2D eigenvalue weighted by Gasteiger charge is -2.38. The summed E-state index contributed by atoms with van der Waals surface area (Å²) in [5, 5.41) is 4.19. The molecular weight excluding hydrogens is 609 g/mol. The number of aromatic nitrogens is 1. The molecule has 1 heterocycles. The summed E-state index contributed by atoms with van der Waals surface area (Å²) in [6.45, 7) is 20.4. The molecule has 262 valence electrons. The Morgan fingerprint density at radius 1 is 0.580 bits per heavy atom. The van der Waals surface area contributed by atoms with E-state index < -0.39 is 5.54 Å². The SMILES string of the molecule is Cc1cc(C)c(NC(c2ccc(N(C)C)cc2)(c2ccc(N(C)C)cc2)c2cccc(-c3c(C(C)C)cc(C(C)C)cc3C(C)C)n2)c(C)c1. The Labute approximate surface area is 302 Å². The van der Waals surface area contributed by atoms with Gasteiger partial charge < -0.3 is 15.1 Å². The molecule has 0 aliphatic rings. The van der Waals surface area contributed by atoms with Crippen molar-refractivity contribution >= 4 is 17.1 Å². The minimum Gasteiger partial charge on any atom is -0.378 e. The van der Waals surface area contributed by atoms with E-state index in [9.17, 15) is 0 Å². The third-order valence-corrected chi connectivity index (χ3v) is 10.1. The van der Waals surface area contributed by atoms with Crippen LogP contribution in [0.25, 0.3) is 11.3 Å². The molecule has 0 amide bonds. The smallest absolute Gasteiger partial charge is 0.131 e. The highest BCUT2D eigenvalue weighted by Gasteiger charge is 2.39. The lowest BCUT2D eigenvalue weighted by molar-refractivity contribution is 0.682. The van der Waals surface area contributed by atoms with Gasteiger partial charge in [-0.3, -0.25) is 0 Å². The lowest BCUT2D eigenvalue weighted by atomic mass is 9.78. The molecule has 5 rings (SSSR count).